The summed E-state index contributed by atoms with van der Waals surface area (Å²) in [6.07, 6.45) is 5.70. The molecule has 1 aromatic heterocycles. The van der Waals surface area contributed by atoms with Crippen molar-refractivity contribution in [3.8, 4) is 0 Å². The molecule has 150 valence electrons. The normalized spacial score (nSPS) is 11.8. The van der Waals surface area contributed by atoms with E-state index < -0.39 is 15.7 Å². The van der Waals surface area contributed by atoms with Crippen LogP contribution in [-0.2, 0) is 35.6 Å². The van der Waals surface area contributed by atoms with Crippen molar-refractivity contribution in [1.29, 1.82) is 0 Å². The SMILES string of the molecule is CN=C(NCCc1cnn(C)c1)NCc1cc(F)ccc1CS(C)(=O)=O.I. The van der Waals surface area contributed by atoms with Crippen LogP contribution in [0.1, 0.15) is 16.7 Å². The number of aryl methyl sites for hydroxylation is 1. The maximum absolute atomic E-state index is 13.5. The molecule has 0 fully saturated rings. The highest BCUT2D eigenvalue weighted by atomic mass is 127. The Labute approximate surface area is 176 Å². The van der Waals surface area contributed by atoms with Crippen LogP contribution in [0.2, 0.25) is 0 Å². The number of guanidine groups is 1. The number of sulfone groups is 1. The first kappa shape index (κ1) is 23.3. The Hall–Kier alpha value is -1.69. The topological polar surface area (TPSA) is 88.4 Å². The molecule has 2 aromatic rings. The number of rotatable bonds is 7. The van der Waals surface area contributed by atoms with Gasteiger partial charge in [-0.05, 0) is 35.2 Å². The standard InChI is InChI=1S/C17H24FN5O2S.HI/c1-19-17(20-7-6-13-9-22-23(2)11-13)21-10-15-8-16(18)5-4-14(15)12-26(3,24)25;/h4-5,8-9,11H,6-7,10,12H2,1-3H3,(H2,19,20,21);1H. The molecule has 27 heavy (non-hydrogen) atoms. The predicted octanol–water partition coefficient (Wildman–Crippen LogP) is 1.63. The summed E-state index contributed by atoms with van der Waals surface area (Å²) in [4.78, 5) is 4.13. The molecule has 2 rings (SSSR count). The van der Waals surface area contributed by atoms with E-state index in [0.717, 1.165) is 18.2 Å². The molecule has 10 heteroatoms. The fourth-order valence-electron chi connectivity index (χ4n) is 2.51. The van der Waals surface area contributed by atoms with Crippen LogP contribution in [-0.4, -0.2) is 44.0 Å². The van der Waals surface area contributed by atoms with Crippen molar-refractivity contribution in [3.05, 3.63) is 53.1 Å². The summed E-state index contributed by atoms with van der Waals surface area (Å²) in [5, 5.41) is 10.4. The number of aromatic nitrogens is 2. The molecular weight excluding hydrogens is 484 g/mol. The Bertz CT molecular complexity index is 883. The van der Waals surface area contributed by atoms with Crippen LogP contribution in [0, 0.1) is 5.82 Å². The summed E-state index contributed by atoms with van der Waals surface area (Å²) in [5.74, 6) is 0.0270. The second kappa shape index (κ2) is 10.6. The zero-order valence-corrected chi connectivity index (χ0v) is 18.7. The fourth-order valence-corrected chi connectivity index (χ4v) is 3.35. The molecule has 0 aliphatic heterocycles. The summed E-state index contributed by atoms with van der Waals surface area (Å²) < 4.78 is 38.4. The minimum Gasteiger partial charge on any atom is -0.356 e. The molecule has 0 saturated heterocycles. The van der Waals surface area contributed by atoms with E-state index in [0.29, 0.717) is 23.6 Å². The van der Waals surface area contributed by atoms with Crippen molar-refractivity contribution in [3.63, 3.8) is 0 Å². The van der Waals surface area contributed by atoms with E-state index >= 15 is 0 Å². The molecule has 0 saturated carbocycles. The molecular formula is C17H25FIN5O2S. The molecule has 0 atom stereocenters. The van der Waals surface area contributed by atoms with E-state index in [1.165, 1.54) is 18.2 Å². The summed E-state index contributed by atoms with van der Waals surface area (Å²) >= 11 is 0. The van der Waals surface area contributed by atoms with Gasteiger partial charge in [-0.2, -0.15) is 5.10 Å². The molecule has 0 aliphatic rings. The minimum atomic E-state index is -3.20. The Morgan fingerprint density at radius 2 is 2.04 bits per heavy atom. The van der Waals surface area contributed by atoms with Crippen LogP contribution in [0.25, 0.3) is 0 Å². The van der Waals surface area contributed by atoms with Gasteiger partial charge in [-0.15, -0.1) is 24.0 Å². The lowest BCUT2D eigenvalue weighted by Crippen LogP contribution is -2.38. The Balaban J connectivity index is 0.00000364. The molecule has 0 bridgehead atoms. The van der Waals surface area contributed by atoms with E-state index in [2.05, 4.69) is 20.7 Å². The molecule has 7 nitrogen and oxygen atoms in total. The van der Waals surface area contributed by atoms with Gasteiger partial charge in [-0.1, -0.05) is 6.07 Å². The van der Waals surface area contributed by atoms with Gasteiger partial charge in [0, 0.05) is 39.6 Å². The van der Waals surface area contributed by atoms with Crippen molar-refractivity contribution in [2.75, 3.05) is 19.8 Å². The molecule has 2 N–H and O–H groups in total. The predicted molar refractivity (Wildman–Crippen MR) is 115 cm³/mol. The second-order valence-electron chi connectivity index (χ2n) is 6.11. The summed E-state index contributed by atoms with van der Waals surface area (Å²) in [6.45, 7) is 0.930. The van der Waals surface area contributed by atoms with Crippen LogP contribution < -0.4 is 10.6 Å². The molecule has 1 aromatic carbocycles. The monoisotopic (exact) mass is 509 g/mol. The highest BCUT2D eigenvalue weighted by molar-refractivity contribution is 14.0. The third-order valence-corrected chi connectivity index (χ3v) is 4.56. The first-order chi connectivity index (χ1) is 12.3. The summed E-state index contributed by atoms with van der Waals surface area (Å²) in [5.41, 5.74) is 2.27. The van der Waals surface area contributed by atoms with Crippen LogP contribution in [0.4, 0.5) is 4.39 Å². The van der Waals surface area contributed by atoms with Crippen molar-refractivity contribution >= 4 is 39.8 Å². The van der Waals surface area contributed by atoms with Crippen molar-refractivity contribution in [1.82, 2.24) is 20.4 Å². The number of benzene rings is 1. The first-order valence-corrected chi connectivity index (χ1v) is 10.2. The van der Waals surface area contributed by atoms with Crippen molar-refractivity contribution in [2.24, 2.45) is 12.0 Å². The fraction of sp³-hybridized carbons (Fsp3) is 0.412. The molecule has 0 unspecified atom stereocenters. The number of halogens is 2. The van der Waals surface area contributed by atoms with Crippen molar-refractivity contribution in [2.45, 2.75) is 18.7 Å². The van der Waals surface area contributed by atoms with E-state index in [4.69, 9.17) is 0 Å². The van der Waals surface area contributed by atoms with Gasteiger partial charge in [0.1, 0.15) is 5.82 Å². The zero-order chi connectivity index (χ0) is 19.2. The summed E-state index contributed by atoms with van der Waals surface area (Å²) in [7, 11) is 0.303. The highest BCUT2D eigenvalue weighted by Gasteiger charge is 2.11. The number of aliphatic imine (C=N–C) groups is 1. The minimum absolute atomic E-state index is 0. The van der Waals surface area contributed by atoms with Gasteiger partial charge in [-0.25, -0.2) is 12.8 Å². The van der Waals surface area contributed by atoms with Gasteiger partial charge < -0.3 is 10.6 Å². The van der Waals surface area contributed by atoms with Crippen LogP contribution in [0.5, 0.6) is 0 Å². The maximum Gasteiger partial charge on any atom is 0.191 e. The quantitative estimate of drug-likeness (QED) is 0.337. The van der Waals surface area contributed by atoms with E-state index in [1.54, 1.807) is 11.7 Å². The Morgan fingerprint density at radius 3 is 2.63 bits per heavy atom. The van der Waals surface area contributed by atoms with Crippen LogP contribution >= 0.6 is 24.0 Å². The van der Waals surface area contributed by atoms with Gasteiger partial charge in [0.2, 0.25) is 0 Å². The van der Waals surface area contributed by atoms with Gasteiger partial charge in [0.05, 0.1) is 11.9 Å². The third kappa shape index (κ3) is 8.24. The Morgan fingerprint density at radius 1 is 1.30 bits per heavy atom. The van der Waals surface area contributed by atoms with Gasteiger partial charge in [-0.3, -0.25) is 9.67 Å². The summed E-state index contributed by atoms with van der Waals surface area (Å²) in [6, 6.07) is 4.12. The molecule has 0 radical (unpaired) electrons. The van der Waals surface area contributed by atoms with E-state index in [9.17, 15) is 12.8 Å². The maximum atomic E-state index is 13.5. The van der Waals surface area contributed by atoms with Crippen LogP contribution in [0.3, 0.4) is 0 Å². The van der Waals surface area contributed by atoms with Gasteiger partial charge in [0.25, 0.3) is 0 Å². The van der Waals surface area contributed by atoms with E-state index in [-0.39, 0.29) is 36.3 Å². The largest absolute Gasteiger partial charge is 0.356 e. The Kier molecular flexibility index (Phi) is 9.16. The van der Waals surface area contributed by atoms with E-state index in [1.807, 2.05) is 19.4 Å². The van der Waals surface area contributed by atoms with Crippen molar-refractivity contribution < 1.29 is 12.8 Å². The second-order valence-corrected chi connectivity index (χ2v) is 8.25. The van der Waals surface area contributed by atoms with Crippen LogP contribution in [0.15, 0.2) is 35.6 Å². The lowest BCUT2D eigenvalue weighted by atomic mass is 10.1. The van der Waals surface area contributed by atoms with Gasteiger partial charge >= 0.3 is 0 Å². The van der Waals surface area contributed by atoms with Gasteiger partial charge in [0.15, 0.2) is 15.8 Å². The average Bonchev–Trinajstić information content (AvgIpc) is 2.97. The molecule has 1 heterocycles. The smallest absolute Gasteiger partial charge is 0.191 e. The molecule has 0 spiro atoms. The number of hydrogen-bond acceptors (Lipinski definition) is 4. The number of nitrogens with one attached hydrogen (secondary N) is 2. The molecule has 0 aliphatic carbocycles. The average molecular weight is 509 g/mol. The zero-order valence-electron chi connectivity index (χ0n) is 15.6. The molecule has 0 amide bonds. The first-order valence-electron chi connectivity index (χ1n) is 8.14. The lowest BCUT2D eigenvalue weighted by Gasteiger charge is -2.14. The number of nitrogens with zero attached hydrogens (tertiary/aromatic N) is 3. The number of hydrogen-bond donors (Lipinski definition) is 2. The highest BCUT2D eigenvalue weighted by Crippen LogP contribution is 2.14. The lowest BCUT2D eigenvalue weighted by molar-refractivity contribution is 0.599. The third-order valence-electron chi connectivity index (χ3n) is 3.72.